The Morgan fingerprint density at radius 2 is 2.16 bits per heavy atom. The Bertz CT molecular complexity index is 759. The van der Waals surface area contributed by atoms with Crippen LogP contribution in [0.5, 0.6) is 0 Å². The van der Waals surface area contributed by atoms with E-state index in [-0.39, 0.29) is 11.9 Å². The van der Waals surface area contributed by atoms with Crippen LogP contribution in [0.25, 0.3) is 0 Å². The van der Waals surface area contributed by atoms with Crippen molar-refractivity contribution in [2.75, 3.05) is 31.2 Å². The van der Waals surface area contributed by atoms with Crippen LogP contribution in [0.2, 0.25) is 0 Å². The Morgan fingerprint density at radius 3 is 3.04 bits per heavy atom. The fraction of sp³-hybridized carbons (Fsp3) is 0.421. The van der Waals surface area contributed by atoms with Gasteiger partial charge in [0, 0.05) is 31.2 Å². The van der Waals surface area contributed by atoms with E-state index in [9.17, 15) is 4.79 Å². The highest BCUT2D eigenvalue weighted by Crippen LogP contribution is 2.28. The molecule has 1 aliphatic heterocycles. The molecule has 0 radical (unpaired) electrons. The number of amides is 1. The summed E-state index contributed by atoms with van der Waals surface area (Å²) in [7, 11) is 0. The average molecular weight is 338 g/mol. The van der Waals surface area contributed by atoms with E-state index < -0.39 is 0 Å². The molecule has 130 valence electrons. The third-order valence-electron chi connectivity index (χ3n) is 4.87. The maximum absolute atomic E-state index is 12.7. The van der Waals surface area contributed by atoms with Gasteiger partial charge in [0.1, 0.15) is 0 Å². The minimum atomic E-state index is -0.0793. The van der Waals surface area contributed by atoms with Gasteiger partial charge in [-0.1, -0.05) is 6.07 Å². The highest BCUT2D eigenvalue weighted by atomic mass is 16.5. The van der Waals surface area contributed by atoms with Gasteiger partial charge in [-0.15, -0.1) is 0 Å². The molecule has 1 amide bonds. The van der Waals surface area contributed by atoms with Gasteiger partial charge in [-0.05, 0) is 37.0 Å². The molecule has 4 rings (SSSR count). The number of hydrogen-bond acceptors (Lipinski definition) is 5. The molecule has 0 bridgehead atoms. The van der Waals surface area contributed by atoms with Crippen LogP contribution in [0.3, 0.4) is 0 Å². The summed E-state index contributed by atoms with van der Waals surface area (Å²) in [6, 6.07) is 5.94. The molecule has 1 atom stereocenters. The number of aryl methyl sites for hydroxylation is 1. The van der Waals surface area contributed by atoms with Crippen molar-refractivity contribution in [3.05, 3.63) is 53.6 Å². The summed E-state index contributed by atoms with van der Waals surface area (Å²) in [6.07, 6.45) is 8.23. The van der Waals surface area contributed by atoms with E-state index in [1.807, 2.05) is 24.5 Å². The summed E-state index contributed by atoms with van der Waals surface area (Å²) in [5, 5.41) is 3.16. The predicted molar refractivity (Wildman–Crippen MR) is 94.7 cm³/mol. The Labute approximate surface area is 147 Å². The quantitative estimate of drug-likeness (QED) is 0.928. The minimum absolute atomic E-state index is 0.0250. The second-order valence-electron chi connectivity index (χ2n) is 6.49. The van der Waals surface area contributed by atoms with Crippen LogP contribution < -0.4 is 10.2 Å². The number of fused-ring (bicyclic) bond motifs is 1. The van der Waals surface area contributed by atoms with Gasteiger partial charge in [-0.3, -0.25) is 14.8 Å². The Hall–Kier alpha value is -2.47. The zero-order valence-corrected chi connectivity index (χ0v) is 14.1. The molecular formula is C19H22N4O2. The fourth-order valence-corrected chi connectivity index (χ4v) is 3.54. The van der Waals surface area contributed by atoms with Crippen LogP contribution in [-0.4, -0.2) is 42.2 Å². The lowest BCUT2D eigenvalue weighted by atomic mass is 9.91. The monoisotopic (exact) mass is 338 g/mol. The molecule has 3 heterocycles. The summed E-state index contributed by atoms with van der Waals surface area (Å²) in [4.78, 5) is 23.6. The van der Waals surface area contributed by atoms with Crippen LogP contribution in [0, 0.1) is 0 Å². The van der Waals surface area contributed by atoms with Gasteiger partial charge in [0.25, 0.3) is 5.91 Å². The lowest BCUT2D eigenvalue weighted by Crippen LogP contribution is -2.36. The van der Waals surface area contributed by atoms with E-state index in [0.717, 1.165) is 49.3 Å². The third-order valence-corrected chi connectivity index (χ3v) is 4.87. The largest absolute Gasteiger partial charge is 0.378 e. The first-order valence-electron chi connectivity index (χ1n) is 8.83. The van der Waals surface area contributed by atoms with E-state index in [1.54, 1.807) is 6.20 Å². The molecule has 2 aromatic rings. The van der Waals surface area contributed by atoms with Crippen molar-refractivity contribution in [3.8, 4) is 0 Å². The van der Waals surface area contributed by atoms with Crippen molar-refractivity contribution in [2.45, 2.75) is 25.3 Å². The molecule has 1 N–H and O–H groups in total. The number of aromatic nitrogens is 2. The first-order valence-corrected chi connectivity index (χ1v) is 8.83. The average Bonchev–Trinajstić information content (AvgIpc) is 2.69. The van der Waals surface area contributed by atoms with Gasteiger partial charge in [-0.25, -0.2) is 0 Å². The Kier molecular flexibility index (Phi) is 4.61. The summed E-state index contributed by atoms with van der Waals surface area (Å²) >= 11 is 0. The topological polar surface area (TPSA) is 67.4 Å². The standard InChI is InChI=1S/C19H22N4O2/c24-19(22-18-5-1-4-17-16(18)3-2-6-21-17)14-11-15(13-20-12-14)23-7-9-25-10-8-23/h2-3,6,11-13,18H,1,4-5,7-10H2,(H,22,24). The minimum Gasteiger partial charge on any atom is -0.378 e. The number of pyridine rings is 2. The molecule has 0 aromatic carbocycles. The second-order valence-corrected chi connectivity index (χ2v) is 6.49. The highest BCUT2D eigenvalue weighted by molar-refractivity contribution is 5.95. The Balaban J connectivity index is 1.50. The Morgan fingerprint density at radius 1 is 1.28 bits per heavy atom. The van der Waals surface area contributed by atoms with E-state index in [1.165, 1.54) is 0 Å². The molecule has 2 aromatic heterocycles. The molecule has 1 saturated heterocycles. The molecule has 2 aliphatic rings. The molecule has 0 spiro atoms. The van der Waals surface area contributed by atoms with Crippen LogP contribution in [0.15, 0.2) is 36.8 Å². The van der Waals surface area contributed by atoms with Gasteiger partial charge in [0.2, 0.25) is 0 Å². The van der Waals surface area contributed by atoms with Gasteiger partial charge in [-0.2, -0.15) is 0 Å². The van der Waals surface area contributed by atoms with Crippen LogP contribution >= 0.6 is 0 Å². The summed E-state index contributed by atoms with van der Waals surface area (Å²) in [5.74, 6) is -0.0793. The van der Waals surface area contributed by atoms with Crippen LogP contribution in [-0.2, 0) is 11.2 Å². The number of ether oxygens (including phenoxy) is 1. The van der Waals surface area contributed by atoms with Crippen molar-refractivity contribution in [2.24, 2.45) is 0 Å². The van der Waals surface area contributed by atoms with E-state index in [2.05, 4.69) is 26.3 Å². The highest BCUT2D eigenvalue weighted by Gasteiger charge is 2.23. The third kappa shape index (κ3) is 3.49. The molecule has 1 aliphatic carbocycles. The molecule has 0 saturated carbocycles. The van der Waals surface area contributed by atoms with E-state index in [4.69, 9.17) is 4.74 Å². The number of nitrogens with zero attached hydrogens (tertiary/aromatic N) is 3. The predicted octanol–water partition coefficient (Wildman–Crippen LogP) is 2.12. The lowest BCUT2D eigenvalue weighted by molar-refractivity contribution is 0.0932. The number of carbonyl (C=O) groups is 1. The van der Waals surface area contributed by atoms with E-state index in [0.29, 0.717) is 18.8 Å². The molecule has 25 heavy (non-hydrogen) atoms. The number of nitrogens with one attached hydrogen (secondary N) is 1. The summed E-state index contributed by atoms with van der Waals surface area (Å²) in [5.41, 5.74) is 3.81. The van der Waals surface area contributed by atoms with Crippen molar-refractivity contribution in [1.29, 1.82) is 0 Å². The normalized spacial score (nSPS) is 20.0. The van der Waals surface area contributed by atoms with Crippen LogP contribution in [0.1, 0.15) is 40.5 Å². The maximum atomic E-state index is 12.7. The zero-order chi connectivity index (χ0) is 17.1. The molecule has 6 heteroatoms. The van der Waals surface area contributed by atoms with Crippen molar-refractivity contribution in [1.82, 2.24) is 15.3 Å². The number of anilines is 1. The van der Waals surface area contributed by atoms with Crippen molar-refractivity contribution < 1.29 is 9.53 Å². The fourth-order valence-electron chi connectivity index (χ4n) is 3.54. The van der Waals surface area contributed by atoms with Gasteiger partial charge in [0.15, 0.2) is 0 Å². The first kappa shape index (κ1) is 16.0. The summed E-state index contributed by atoms with van der Waals surface area (Å²) in [6.45, 7) is 3.08. The van der Waals surface area contributed by atoms with Gasteiger partial charge in [0.05, 0.1) is 36.7 Å². The lowest BCUT2D eigenvalue weighted by Gasteiger charge is -2.29. The van der Waals surface area contributed by atoms with Gasteiger partial charge < -0.3 is 15.0 Å². The number of morpholine rings is 1. The zero-order valence-electron chi connectivity index (χ0n) is 14.1. The SMILES string of the molecule is O=C(NC1CCCc2ncccc21)c1cncc(N2CCOCC2)c1. The first-order chi connectivity index (χ1) is 12.3. The number of carbonyl (C=O) groups excluding carboxylic acids is 1. The molecule has 1 fully saturated rings. The summed E-state index contributed by atoms with van der Waals surface area (Å²) < 4.78 is 5.39. The van der Waals surface area contributed by atoms with E-state index >= 15 is 0 Å². The smallest absolute Gasteiger partial charge is 0.253 e. The van der Waals surface area contributed by atoms with Crippen LogP contribution in [0.4, 0.5) is 5.69 Å². The molecule has 6 nitrogen and oxygen atoms in total. The maximum Gasteiger partial charge on any atom is 0.253 e. The van der Waals surface area contributed by atoms with Gasteiger partial charge >= 0.3 is 0 Å². The number of rotatable bonds is 3. The molecular weight excluding hydrogens is 316 g/mol. The number of hydrogen-bond donors (Lipinski definition) is 1. The second kappa shape index (κ2) is 7.19. The molecule has 1 unspecified atom stereocenters. The van der Waals surface area contributed by atoms with Crippen molar-refractivity contribution in [3.63, 3.8) is 0 Å². The van der Waals surface area contributed by atoms with Crippen molar-refractivity contribution >= 4 is 11.6 Å².